The number of nitrogens with zero attached hydrogens (tertiary/aromatic N) is 2. The summed E-state index contributed by atoms with van der Waals surface area (Å²) in [5, 5.41) is 12.9. The summed E-state index contributed by atoms with van der Waals surface area (Å²) in [6.07, 6.45) is 4.42. The molecular formula is C14H27N3. The molecule has 0 heterocycles. The molecule has 1 rings (SSSR count). The molecule has 1 aliphatic carbocycles. The summed E-state index contributed by atoms with van der Waals surface area (Å²) < 4.78 is 0. The maximum atomic E-state index is 9.41. The maximum Gasteiger partial charge on any atom is 0.106 e. The average molecular weight is 237 g/mol. The molecule has 0 aromatic rings. The first-order chi connectivity index (χ1) is 7.99. The topological polar surface area (TPSA) is 39.1 Å². The Balaban J connectivity index is 2.42. The lowest BCUT2D eigenvalue weighted by molar-refractivity contribution is 0.197. The number of hydrogen-bond acceptors (Lipinski definition) is 3. The molecule has 3 nitrogen and oxygen atoms in total. The number of likely N-dealkylation sites (N-methyl/N-ethyl adjacent to an activating group) is 1. The monoisotopic (exact) mass is 237 g/mol. The van der Waals surface area contributed by atoms with Crippen LogP contribution in [0.3, 0.4) is 0 Å². The van der Waals surface area contributed by atoms with Crippen LogP contribution in [0.2, 0.25) is 0 Å². The van der Waals surface area contributed by atoms with Crippen LogP contribution in [0.1, 0.15) is 39.5 Å². The number of nitriles is 1. The second kappa shape index (κ2) is 6.37. The van der Waals surface area contributed by atoms with Gasteiger partial charge in [0.05, 0.1) is 6.07 Å². The minimum absolute atomic E-state index is 0.249. The molecule has 0 aromatic heterocycles. The highest BCUT2D eigenvalue weighted by atomic mass is 15.1. The second-order valence-corrected chi connectivity index (χ2v) is 6.01. The number of rotatable bonds is 5. The van der Waals surface area contributed by atoms with Crippen LogP contribution in [-0.4, -0.2) is 37.6 Å². The van der Waals surface area contributed by atoms with E-state index in [9.17, 15) is 5.26 Å². The molecule has 0 aliphatic heterocycles. The Labute approximate surface area is 106 Å². The van der Waals surface area contributed by atoms with Crippen molar-refractivity contribution in [2.45, 2.75) is 45.1 Å². The molecule has 3 heteroatoms. The van der Waals surface area contributed by atoms with Crippen molar-refractivity contribution >= 4 is 0 Å². The first-order valence-corrected chi connectivity index (χ1v) is 6.80. The van der Waals surface area contributed by atoms with E-state index in [-0.39, 0.29) is 5.54 Å². The van der Waals surface area contributed by atoms with Crippen molar-refractivity contribution in [3.63, 3.8) is 0 Å². The van der Waals surface area contributed by atoms with Gasteiger partial charge in [-0.25, -0.2) is 0 Å². The molecule has 1 N–H and O–H groups in total. The Morgan fingerprint density at radius 1 is 1.35 bits per heavy atom. The summed E-state index contributed by atoms with van der Waals surface area (Å²) in [4.78, 5) is 2.15. The molecule has 0 amide bonds. The van der Waals surface area contributed by atoms with Crippen LogP contribution in [0.5, 0.6) is 0 Å². The number of nitrogens with one attached hydrogen (secondary N) is 1. The van der Waals surface area contributed by atoms with E-state index < -0.39 is 0 Å². The Kier molecular flexibility index (Phi) is 5.42. The quantitative estimate of drug-likeness (QED) is 0.797. The molecule has 1 saturated carbocycles. The summed E-state index contributed by atoms with van der Waals surface area (Å²) in [5.74, 6) is 1.57. The Bertz CT molecular complexity index is 252. The molecule has 0 radical (unpaired) electrons. The third-order valence-electron chi connectivity index (χ3n) is 4.06. The molecule has 0 spiro atoms. The van der Waals surface area contributed by atoms with Crippen LogP contribution in [0, 0.1) is 23.2 Å². The van der Waals surface area contributed by atoms with Gasteiger partial charge in [-0.3, -0.25) is 5.32 Å². The molecule has 98 valence electrons. The molecule has 0 unspecified atom stereocenters. The average Bonchev–Trinajstić information content (AvgIpc) is 2.29. The highest BCUT2D eigenvalue weighted by Crippen LogP contribution is 2.35. The van der Waals surface area contributed by atoms with E-state index in [4.69, 9.17) is 0 Å². The van der Waals surface area contributed by atoms with Crippen molar-refractivity contribution in [3.05, 3.63) is 0 Å². The van der Waals surface area contributed by atoms with Gasteiger partial charge in [-0.2, -0.15) is 5.26 Å². The first-order valence-electron chi connectivity index (χ1n) is 6.80. The summed E-state index contributed by atoms with van der Waals surface area (Å²) in [6, 6.07) is 2.52. The fourth-order valence-electron chi connectivity index (χ4n) is 2.65. The predicted molar refractivity (Wildman–Crippen MR) is 71.7 cm³/mol. The molecule has 0 saturated heterocycles. The minimum atomic E-state index is -0.249. The SMILES string of the molecule is CC(C)C1CCC(C#N)(NCCN(C)C)CC1. The highest BCUT2D eigenvalue weighted by molar-refractivity contribution is 5.09. The van der Waals surface area contributed by atoms with Gasteiger partial charge < -0.3 is 4.90 Å². The van der Waals surface area contributed by atoms with Gasteiger partial charge >= 0.3 is 0 Å². The van der Waals surface area contributed by atoms with E-state index in [2.05, 4.69) is 44.2 Å². The zero-order chi connectivity index (χ0) is 12.9. The third kappa shape index (κ3) is 4.29. The molecule has 0 aromatic carbocycles. The van der Waals surface area contributed by atoms with Crippen LogP contribution in [0.25, 0.3) is 0 Å². The van der Waals surface area contributed by atoms with Crippen molar-refractivity contribution in [2.75, 3.05) is 27.2 Å². The van der Waals surface area contributed by atoms with Gasteiger partial charge in [-0.05, 0) is 51.6 Å². The lowest BCUT2D eigenvalue weighted by Gasteiger charge is -2.37. The zero-order valence-corrected chi connectivity index (χ0v) is 11.8. The fraction of sp³-hybridized carbons (Fsp3) is 0.929. The fourth-order valence-corrected chi connectivity index (χ4v) is 2.65. The van der Waals surface area contributed by atoms with E-state index in [0.29, 0.717) is 0 Å². The van der Waals surface area contributed by atoms with Gasteiger partial charge in [0.15, 0.2) is 0 Å². The summed E-state index contributed by atoms with van der Waals surface area (Å²) in [6.45, 7) is 6.50. The molecule has 17 heavy (non-hydrogen) atoms. The van der Waals surface area contributed by atoms with Crippen LogP contribution in [0.15, 0.2) is 0 Å². The van der Waals surface area contributed by atoms with Gasteiger partial charge in [-0.1, -0.05) is 13.8 Å². The molecule has 1 fully saturated rings. The minimum Gasteiger partial charge on any atom is -0.308 e. The zero-order valence-electron chi connectivity index (χ0n) is 11.8. The van der Waals surface area contributed by atoms with Crippen molar-refractivity contribution in [2.24, 2.45) is 11.8 Å². The van der Waals surface area contributed by atoms with E-state index in [1.165, 1.54) is 12.8 Å². The lowest BCUT2D eigenvalue weighted by Crippen LogP contribution is -2.49. The normalized spacial score (nSPS) is 29.6. The van der Waals surface area contributed by atoms with E-state index in [1.54, 1.807) is 0 Å². The smallest absolute Gasteiger partial charge is 0.106 e. The van der Waals surface area contributed by atoms with Crippen molar-refractivity contribution in [1.29, 1.82) is 5.26 Å². The van der Waals surface area contributed by atoms with Crippen molar-refractivity contribution in [3.8, 4) is 6.07 Å². The predicted octanol–water partition coefficient (Wildman–Crippen LogP) is 2.25. The first kappa shape index (κ1) is 14.5. The van der Waals surface area contributed by atoms with Gasteiger partial charge in [0.25, 0.3) is 0 Å². The third-order valence-corrected chi connectivity index (χ3v) is 4.06. The molecule has 0 atom stereocenters. The van der Waals surface area contributed by atoms with Gasteiger partial charge in [0.1, 0.15) is 5.54 Å². The van der Waals surface area contributed by atoms with Crippen LogP contribution in [0.4, 0.5) is 0 Å². The second-order valence-electron chi connectivity index (χ2n) is 6.01. The largest absolute Gasteiger partial charge is 0.308 e. The summed E-state index contributed by atoms with van der Waals surface area (Å²) in [5.41, 5.74) is -0.249. The van der Waals surface area contributed by atoms with Crippen molar-refractivity contribution < 1.29 is 0 Å². The van der Waals surface area contributed by atoms with Gasteiger partial charge in [-0.15, -0.1) is 0 Å². The van der Waals surface area contributed by atoms with Crippen LogP contribution < -0.4 is 5.32 Å². The van der Waals surface area contributed by atoms with Crippen LogP contribution >= 0.6 is 0 Å². The van der Waals surface area contributed by atoms with Crippen molar-refractivity contribution in [1.82, 2.24) is 10.2 Å². The Morgan fingerprint density at radius 3 is 2.35 bits per heavy atom. The summed E-state index contributed by atoms with van der Waals surface area (Å²) >= 11 is 0. The van der Waals surface area contributed by atoms with E-state index >= 15 is 0 Å². The van der Waals surface area contributed by atoms with E-state index in [1.807, 2.05) is 0 Å². The Morgan fingerprint density at radius 2 is 1.94 bits per heavy atom. The standard InChI is InChI=1S/C14H27N3/c1-12(2)13-5-7-14(11-15,8-6-13)16-9-10-17(3)4/h12-13,16H,5-10H2,1-4H3. The molecular weight excluding hydrogens is 210 g/mol. The lowest BCUT2D eigenvalue weighted by atomic mass is 9.73. The maximum absolute atomic E-state index is 9.41. The Hall–Kier alpha value is -0.590. The molecule has 0 bridgehead atoms. The molecule has 1 aliphatic rings. The van der Waals surface area contributed by atoms with Gasteiger partial charge in [0.2, 0.25) is 0 Å². The van der Waals surface area contributed by atoms with Gasteiger partial charge in [0, 0.05) is 13.1 Å². The van der Waals surface area contributed by atoms with Crippen LogP contribution in [-0.2, 0) is 0 Å². The summed E-state index contributed by atoms with van der Waals surface area (Å²) in [7, 11) is 4.13. The highest BCUT2D eigenvalue weighted by Gasteiger charge is 2.35. The number of hydrogen-bond donors (Lipinski definition) is 1. The van der Waals surface area contributed by atoms with E-state index in [0.717, 1.165) is 37.8 Å².